The molecule has 2 aromatic rings. The smallest absolute Gasteiger partial charge is 0.207 e. The number of imidazole rings is 1. The molecular formula is C16H20BrN3. The van der Waals surface area contributed by atoms with Crippen molar-refractivity contribution in [1.29, 1.82) is 0 Å². The first-order valence-corrected chi connectivity index (χ1v) is 8.09. The van der Waals surface area contributed by atoms with E-state index in [9.17, 15) is 0 Å². The Balaban J connectivity index is 1.80. The molecule has 0 bridgehead atoms. The molecular weight excluding hydrogens is 314 g/mol. The molecule has 1 aliphatic carbocycles. The highest BCUT2D eigenvalue weighted by Crippen LogP contribution is 2.31. The quantitative estimate of drug-likeness (QED) is 0.836. The van der Waals surface area contributed by atoms with E-state index in [4.69, 9.17) is 0 Å². The minimum atomic E-state index is 0.602. The Morgan fingerprint density at radius 2 is 2.05 bits per heavy atom. The highest BCUT2D eigenvalue weighted by molar-refractivity contribution is 9.10. The SMILES string of the molecule is Cc1cc(Nc2nccn2C2CCCCC2)ccc1Br. The monoisotopic (exact) mass is 333 g/mol. The maximum atomic E-state index is 4.48. The van der Waals surface area contributed by atoms with Crippen LogP contribution in [0.1, 0.15) is 43.7 Å². The van der Waals surface area contributed by atoms with Gasteiger partial charge in [0.05, 0.1) is 0 Å². The summed E-state index contributed by atoms with van der Waals surface area (Å²) >= 11 is 3.54. The zero-order valence-electron chi connectivity index (χ0n) is 11.8. The Morgan fingerprint density at radius 1 is 1.25 bits per heavy atom. The van der Waals surface area contributed by atoms with Gasteiger partial charge in [-0.25, -0.2) is 4.98 Å². The van der Waals surface area contributed by atoms with Crippen LogP contribution in [-0.4, -0.2) is 9.55 Å². The van der Waals surface area contributed by atoms with Gasteiger partial charge in [0, 0.05) is 28.6 Å². The fourth-order valence-electron chi connectivity index (χ4n) is 2.92. The van der Waals surface area contributed by atoms with E-state index in [1.165, 1.54) is 37.7 Å². The third kappa shape index (κ3) is 2.90. The highest BCUT2D eigenvalue weighted by atomic mass is 79.9. The Labute approximate surface area is 128 Å². The third-order valence-corrected chi connectivity index (χ3v) is 4.94. The van der Waals surface area contributed by atoms with E-state index in [0.717, 1.165) is 16.1 Å². The summed E-state index contributed by atoms with van der Waals surface area (Å²) in [5.74, 6) is 0.957. The number of hydrogen-bond acceptors (Lipinski definition) is 2. The van der Waals surface area contributed by atoms with Gasteiger partial charge in [-0.2, -0.15) is 0 Å². The Hall–Kier alpha value is -1.29. The lowest BCUT2D eigenvalue weighted by Gasteiger charge is -2.24. The van der Waals surface area contributed by atoms with Gasteiger partial charge in [0.2, 0.25) is 5.95 Å². The van der Waals surface area contributed by atoms with Gasteiger partial charge in [0.1, 0.15) is 0 Å². The van der Waals surface area contributed by atoms with Crippen molar-refractivity contribution in [3.05, 3.63) is 40.6 Å². The molecule has 3 nitrogen and oxygen atoms in total. The van der Waals surface area contributed by atoms with Crippen molar-refractivity contribution in [2.24, 2.45) is 0 Å². The predicted octanol–water partition coefficient (Wildman–Crippen LogP) is 5.20. The van der Waals surface area contributed by atoms with Gasteiger partial charge >= 0.3 is 0 Å². The van der Waals surface area contributed by atoms with Crippen LogP contribution in [0.15, 0.2) is 35.1 Å². The lowest BCUT2D eigenvalue weighted by atomic mass is 9.95. The number of anilines is 2. The second-order valence-electron chi connectivity index (χ2n) is 5.54. The van der Waals surface area contributed by atoms with Gasteiger partial charge in [-0.3, -0.25) is 0 Å². The molecule has 1 fully saturated rings. The summed E-state index contributed by atoms with van der Waals surface area (Å²) in [7, 11) is 0. The molecule has 20 heavy (non-hydrogen) atoms. The molecule has 0 saturated heterocycles. The Kier molecular flexibility index (Phi) is 4.10. The largest absolute Gasteiger partial charge is 0.326 e. The zero-order valence-corrected chi connectivity index (χ0v) is 13.4. The first-order valence-electron chi connectivity index (χ1n) is 7.30. The number of halogens is 1. The van der Waals surface area contributed by atoms with E-state index >= 15 is 0 Å². The molecule has 106 valence electrons. The van der Waals surface area contributed by atoms with Gasteiger partial charge in [-0.15, -0.1) is 0 Å². The summed E-state index contributed by atoms with van der Waals surface area (Å²) < 4.78 is 3.44. The first-order chi connectivity index (χ1) is 9.74. The van der Waals surface area contributed by atoms with E-state index in [2.05, 4.69) is 62.1 Å². The van der Waals surface area contributed by atoms with Gasteiger partial charge < -0.3 is 9.88 Å². The summed E-state index contributed by atoms with van der Waals surface area (Å²) in [4.78, 5) is 4.48. The topological polar surface area (TPSA) is 29.9 Å². The number of benzene rings is 1. The Bertz CT molecular complexity index is 585. The van der Waals surface area contributed by atoms with E-state index in [1.54, 1.807) is 0 Å². The molecule has 0 spiro atoms. The maximum Gasteiger partial charge on any atom is 0.207 e. The molecule has 1 heterocycles. The zero-order chi connectivity index (χ0) is 13.9. The standard InChI is InChI=1S/C16H20BrN3/c1-12-11-13(7-8-15(12)17)19-16-18-9-10-20(16)14-5-3-2-4-6-14/h7-11,14H,2-6H2,1H3,(H,18,19). The van der Waals surface area contributed by atoms with Crippen molar-refractivity contribution < 1.29 is 0 Å². The molecule has 1 N–H and O–H groups in total. The van der Waals surface area contributed by atoms with Gasteiger partial charge in [-0.05, 0) is 43.5 Å². The minimum absolute atomic E-state index is 0.602. The predicted molar refractivity (Wildman–Crippen MR) is 86.5 cm³/mol. The second-order valence-corrected chi connectivity index (χ2v) is 6.39. The molecule has 4 heteroatoms. The Morgan fingerprint density at radius 3 is 2.80 bits per heavy atom. The number of rotatable bonds is 3. The lowest BCUT2D eigenvalue weighted by Crippen LogP contribution is -2.14. The first kappa shape index (κ1) is 13.7. The number of aromatic nitrogens is 2. The van der Waals surface area contributed by atoms with Crippen LogP contribution in [0.4, 0.5) is 11.6 Å². The lowest BCUT2D eigenvalue weighted by molar-refractivity contribution is 0.356. The van der Waals surface area contributed by atoms with Crippen molar-refractivity contribution >= 4 is 27.6 Å². The minimum Gasteiger partial charge on any atom is -0.326 e. The molecule has 1 aromatic heterocycles. The van der Waals surface area contributed by atoms with Crippen LogP contribution >= 0.6 is 15.9 Å². The van der Waals surface area contributed by atoms with Crippen LogP contribution in [-0.2, 0) is 0 Å². The summed E-state index contributed by atoms with van der Waals surface area (Å²) in [6, 6.07) is 6.90. The van der Waals surface area contributed by atoms with Gasteiger partial charge in [0.15, 0.2) is 0 Å². The van der Waals surface area contributed by atoms with Crippen molar-refractivity contribution in [2.75, 3.05) is 5.32 Å². The highest BCUT2D eigenvalue weighted by Gasteiger charge is 2.17. The van der Waals surface area contributed by atoms with Crippen molar-refractivity contribution in [1.82, 2.24) is 9.55 Å². The second kappa shape index (κ2) is 6.00. The molecule has 0 radical (unpaired) electrons. The fourth-order valence-corrected chi connectivity index (χ4v) is 3.16. The van der Waals surface area contributed by atoms with Crippen LogP contribution < -0.4 is 5.32 Å². The van der Waals surface area contributed by atoms with E-state index < -0.39 is 0 Å². The molecule has 1 aliphatic rings. The molecule has 3 rings (SSSR count). The van der Waals surface area contributed by atoms with Crippen LogP contribution in [0.5, 0.6) is 0 Å². The average Bonchev–Trinajstić information content (AvgIpc) is 2.92. The number of nitrogens with zero attached hydrogens (tertiary/aromatic N) is 2. The van der Waals surface area contributed by atoms with E-state index in [0.29, 0.717) is 6.04 Å². The molecule has 0 atom stereocenters. The third-order valence-electron chi connectivity index (χ3n) is 4.05. The maximum absolute atomic E-state index is 4.48. The number of nitrogens with one attached hydrogen (secondary N) is 1. The summed E-state index contributed by atoms with van der Waals surface area (Å²) in [6.45, 7) is 2.10. The molecule has 1 aromatic carbocycles. The fraction of sp³-hybridized carbons (Fsp3) is 0.438. The normalized spacial score (nSPS) is 16.3. The van der Waals surface area contributed by atoms with Crippen molar-refractivity contribution in [2.45, 2.75) is 45.1 Å². The summed E-state index contributed by atoms with van der Waals surface area (Å²) in [6.07, 6.45) is 10.6. The van der Waals surface area contributed by atoms with Crippen LogP contribution in [0.3, 0.4) is 0 Å². The average molecular weight is 334 g/mol. The van der Waals surface area contributed by atoms with Crippen LogP contribution in [0, 0.1) is 6.92 Å². The van der Waals surface area contributed by atoms with E-state index in [-0.39, 0.29) is 0 Å². The summed E-state index contributed by atoms with van der Waals surface area (Å²) in [5, 5.41) is 3.45. The number of hydrogen-bond donors (Lipinski definition) is 1. The van der Waals surface area contributed by atoms with E-state index in [1.807, 2.05) is 6.20 Å². The molecule has 1 saturated carbocycles. The van der Waals surface area contributed by atoms with Crippen molar-refractivity contribution in [3.63, 3.8) is 0 Å². The molecule has 0 unspecified atom stereocenters. The summed E-state index contributed by atoms with van der Waals surface area (Å²) in [5.41, 5.74) is 2.32. The number of aryl methyl sites for hydroxylation is 1. The van der Waals surface area contributed by atoms with Crippen LogP contribution in [0.2, 0.25) is 0 Å². The molecule has 0 aliphatic heterocycles. The van der Waals surface area contributed by atoms with Crippen molar-refractivity contribution in [3.8, 4) is 0 Å². The van der Waals surface area contributed by atoms with Gasteiger partial charge in [0.25, 0.3) is 0 Å². The van der Waals surface area contributed by atoms with Gasteiger partial charge in [-0.1, -0.05) is 35.2 Å². The molecule has 0 amide bonds. The van der Waals surface area contributed by atoms with Crippen LogP contribution in [0.25, 0.3) is 0 Å².